The van der Waals surface area contributed by atoms with E-state index >= 15 is 0 Å². The standard InChI is InChI=1S/C14H23BrN4/c1-10-13(8-15)14(18(3)16-10)19-7-6-11-4-5-12(9-19)17(11)2/h11-12H,4-9H2,1-3H3. The highest BCUT2D eigenvalue weighted by atomic mass is 79.9. The van der Waals surface area contributed by atoms with Gasteiger partial charge < -0.3 is 4.90 Å². The predicted molar refractivity (Wildman–Crippen MR) is 82.0 cm³/mol. The number of rotatable bonds is 2. The van der Waals surface area contributed by atoms with Gasteiger partial charge in [-0.05, 0) is 33.2 Å². The van der Waals surface area contributed by atoms with Crippen molar-refractivity contribution < 1.29 is 0 Å². The van der Waals surface area contributed by atoms with Gasteiger partial charge in [0.05, 0.1) is 5.69 Å². The average Bonchev–Trinajstić information content (AvgIpc) is 2.77. The monoisotopic (exact) mass is 326 g/mol. The Hall–Kier alpha value is -0.550. The van der Waals surface area contributed by atoms with Crippen LogP contribution in [-0.2, 0) is 12.4 Å². The fourth-order valence-corrected chi connectivity index (χ4v) is 4.40. The smallest absolute Gasteiger partial charge is 0.130 e. The van der Waals surface area contributed by atoms with Crippen molar-refractivity contribution >= 4 is 21.7 Å². The maximum Gasteiger partial charge on any atom is 0.130 e. The maximum absolute atomic E-state index is 4.60. The summed E-state index contributed by atoms with van der Waals surface area (Å²) in [5.74, 6) is 1.32. The molecule has 0 amide bonds. The van der Waals surface area contributed by atoms with Crippen LogP contribution in [0.5, 0.6) is 0 Å². The van der Waals surface area contributed by atoms with Crippen molar-refractivity contribution in [1.82, 2.24) is 14.7 Å². The SMILES string of the molecule is Cc1nn(C)c(N2CCC3CCC(C2)N3C)c1CBr. The summed E-state index contributed by atoms with van der Waals surface area (Å²) in [6, 6.07) is 1.50. The molecule has 0 aromatic carbocycles. The summed E-state index contributed by atoms with van der Waals surface area (Å²) in [4.78, 5) is 5.15. The predicted octanol–water partition coefficient (Wildman–Crippen LogP) is 2.30. The molecule has 19 heavy (non-hydrogen) atoms. The van der Waals surface area contributed by atoms with E-state index < -0.39 is 0 Å². The quantitative estimate of drug-likeness (QED) is 0.779. The van der Waals surface area contributed by atoms with Gasteiger partial charge in [-0.1, -0.05) is 15.9 Å². The first kappa shape index (κ1) is 13.4. The van der Waals surface area contributed by atoms with E-state index in [0.29, 0.717) is 6.04 Å². The molecule has 5 heteroatoms. The fraction of sp³-hybridized carbons (Fsp3) is 0.786. The number of hydrogen-bond acceptors (Lipinski definition) is 3. The largest absolute Gasteiger partial charge is 0.355 e. The van der Waals surface area contributed by atoms with Gasteiger partial charge in [-0.15, -0.1) is 0 Å². The van der Waals surface area contributed by atoms with Crippen LogP contribution in [0.4, 0.5) is 5.82 Å². The summed E-state index contributed by atoms with van der Waals surface area (Å²) >= 11 is 3.62. The molecule has 2 atom stereocenters. The zero-order valence-electron chi connectivity index (χ0n) is 12.1. The molecule has 106 valence electrons. The Bertz CT molecular complexity index is 470. The number of halogens is 1. The molecule has 3 rings (SSSR count). The molecular formula is C14H23BrN4. The highest BCUT2D eigenvalue weighted by Crippen LogP contribution is 2.33. The minimum atomic E-state index is 0.714. The normalized spacial score (nSPS) is 27.9. The average molecular weight is 327 g/mol. The van der Waals surface area contributed by atoms with E-state index in [1.54, 1.807) is 0 Å². The molecule has 0 aliphatic carbocycles. The van der Waals surface area contributed by atoms with Gasteiger partial charge in [0.1, 0.15) is 5.82 Å². The lowest BCUT2D eigenvalue weighted by molar-refractivity contribution is 0.254. The first-order valence-corrected chi connectivity index (χ1v) is 8.29. The molecule has 1 aromatic heterocycles. The maximum atomic E-state index is 4.60. The van der Waals surface area contributed by atoms with Crippen LogP contribution in [0.3, 0.4) is 0 Å². The number of hydrogen-bond donors (Lipinski definition) is 0. The topological polar surface area (TPSA) is 24.3 Å². The molecule has 0 saturated carbocycles. The van der Waals surface area contributed by atoms with Gasteiger partial charge >= 0.3 is 0 Å². The number of aryl methyl sites for hydroxylation is 2. The third-order valence-corrected chi connectivity index (χ3v) is 5.46. The van der Waals surface area contributed by atoms with Gasteiger partial charge in [-0.25, -0.2) is 0 Å². The summed E-state index contributed by atoms with van der Waals surface area (Å²) < 4.78 is 2.06. The van der Waals surface area contributed by atoms with Gasteiger partial charge in [0.25, 0.3) is 0 Å². The van der Waals surface area contributed by atoms with E-state index in [-0.39, 0.29) is 0 Å². The molecular weight excluding hydrogens is 304 g/mol. The molecule has 2 aliphatic rings. The summed E-state index contributed by atoms with van der Waals surface area (Å²) in [6.45, 7) is 4.41. The van der Waals surface area contributed by atoms with Gasteiger partial charge in [-0.2, -0.15) is 5.10 Å². The molecule has 2 saturated heterocycles. The molecule has 1 aromatic rings. The van der Waals surface area contributed by atoms with Crippen LogP contribution in [0.15, 0.2) is 0 Å². The second-order valence-electron chi connectivity index (χ2n) is 5.93. The first-order chi connectivity index (χ1) is 9.11. The van der Waals surface area contributed by atoms with Gasteiger partial charge in [0.15, 0.2) is 0 Å². The van der Waals surface area contributed by atoms with Crippen LogP contribution in [-0.4, -0.2) is 46.9 Å². The van der Waals surface area contributed by atoms with Crippen LogP contribution in [0, 0.1) is 6.92 Å². The molecule has 0 radical (unpaired) electrons. The zero-order chi connectivity index (χ0) is 13.6. The number of alkyl halides is 1. The minimum Gasteiger partial charge on any atom is -0.355 e. The summed E-state index contributed by atoms with van der Waals surface area (Å²) in [6.07, 6.45) is 4.00. The molecule has 2 unspecified atom stereocenters. The lowest BCUT2D eigenvalue weighted by Gasteiger charge is -2.28. The van der Waals surface area contributed by atoms with E-state index in [2.05, 4.69) is 56.5 Å². The summed E-state index contributed by atoms with van der Waals surface area (Å²) in [5, 5.41) is 5.49. The first-order valence-electron chi connectivity index (χ1n) is 7.17. The van der Waals surface area contributed by atoms with Gasteiger partial charge in [-0.3, -0.25) is 9.58 Å². The van der Waals surface area contributed by atoms with Gasteiger partial charge in [0.2, 0.25) is 0 Å². The lowest BCUT2D eigenvalue weighted by Crippen LogP contribution is -2.37. The molecule has 0 N–H and O–H groups in total. The highest BCUT2D eigenvalue weighted by molar-refractivity contribution is 9.08. The van der Waals surface area contributed by atoms with Crippen LogP contribution < -0.4 is 4.90 Å². The number of aromatic nitrogens is 2. The molecule has 2 aliphatic heterocycles. The molecule has 4 nitrogen and oxygen atoms in total. The van der Waals surface area contributed by atoms with Crippen LogP contribution >= 0.6 is 15.9 Å². The van der Waals surface area contributed by atoms with E-state index in [4.69, 9.17) is 0 Å². The molecule has 2 fully saturated rings. The Labute approximate surface area is 123 Å². The Morgan fingerprint density at radius 1 is 1.21 bits per heavy atom. The number of nitrogens with zero attached hydrogens (tertiary/aromatic N) is 4. The Morgan fingerprint density at radius 3 is 2.68 bits per heavy atom. The van der Waals surface area contributed by atoms with Crippen LogP contribution in [0.25, 0.3) is 0 Å². The summed E-state index contributed by atoms with van der Waals surface area (Å²) in [7, 11) is 4.37. The van der Waals surface area contributed by atoms with Crippen molar-refractivity contribution in [3.8, 4) is 0 Å². The fourth-order valence-electron chi connectivity index (χ4n) is 3.74. The van der Waals surface area contributed by atoms with E-state index in [1.165, 1.54) is 30.6 Å². The van der Waals surface area contributed by atoms with E-state index in [9.17, 15) is 0 Å². The van der Waals surface area contributed by atoms with E-state index in [1.807, 2.05) is 0 Å². The molecule has 3 heterocycles. The second-order valence-corrected chi connectivity index (χ2v) is 6.49. The minimum absolute atomic E-state index is 0.714. The van der Waals surface area contributed by atoms with Gasteiger partial charge in [0, 0.05) is 43.1 Å². The highest BCUT2D eigenvalue weighted by Gasteiger charge is 2.35. The number of likely N-dealkylation sites (N-methyl/N-ethyl adjacent to an activating group) is 1. The Balaban J connectivity index is 1.91. The van der Waals surface area contributed by atoms with Crippen molar-refractivity contribution in [2.75, 3.05) is 25.0 Å². The van der Waals surface area contributed by atoms with Crippen molar-refractivity contribution in [3.05, 3.63) is 11.3 Å². The van der Waals surface area contributed by atoms with Crippen LogP contribution in [0.1, 0.15) is 30.5 Å². The summed E-state index contributed by atoms with van der Waals surface area (Å²) in [5.41, 5.74) is 2.50. The molecule has 0 spiro atoms. The third-order valence-electron chi connectivity index (χ3n) is 4.89. The Kier molecular flexibility index (Phi) is 3.60. The lowest BCUT2D eigenvalue weighted by atomic mass is 10.1. The molecule has 2 bridgehead atoms. The zero-order valence-corrected chi connectivity index (χ0v) is 13.7. The Morgan fingerprint density at radius 2 is 1.95 bits per heavy atom. The van der Waals surface area contributed by atoms with Crippen molar-refractivity contribution in [3.63, 3.8) is 0 Å². The van der Waals surface area contributed by atoms with Crippen LogP contribution in [0.2, 0.25) is 0 Å². The van der Waals surface area contributed by atoms with Crippen molar-refractivity contribution in [2.45, 2.75) is 43.6 Å². The second kappa shape index (κ2) is 5.09. The number of fused-ring (bicyclic) bond motifs is 2. The van der Waals surface area contributed by atoms with Crippen molar-refractivity contribution in [1.29, 1.82) is 0 Å². The van der Waals surface area contributed by atoms with Crippen molar-refractivity contribution in [2.24, 2.45) is 7.05 Å². The van der Waals surface area contributed by atoms with E-state index in [0.717, 1.165) is 30.2 Å². The third kappa shape index (κ3) is 2.21. The number of anilines is 1.